The number of hydrogen-bond donors (Lipinski definition) is 2. The van der Waals surface area contributed by atoms with Crippen LogP contribution < -0.4 is 10.2 Å². The first kappa shape index (κ1) is 15.6. The van der Waals surface area contributed by atoms with Crippen LogP contribution in [0.1, 0.15) is 26.3 Å². The van der Waals surface area contributed by atoms with Gasteiger partial charge in [0, 0.05) is 28.7 Å². The van der Waals surface area contributed by atoms with Crippen molar-refractivity contribution in [3.05, 3.63) is 52.2 Å². The third kappa shape index (κ3) is 2.27. The minimum absolute atomic E-state index is 0.00271. The smallest absolute Gasteiger partial charge is 0.193 e. The first-order chi connectivity index (χ1) is 11.8. The number of fused-ring (bicyclic) bond motifs is 2. The van der Waals surface area contributed by atoms with Gasteiger partial charge in [0.15, 0.2) is 16.9 Å². The molecule has 2 aromatic carbocycles. The summed E-state index contributed by atoms with van der Waals surface area (Å²) in [5.74, 6) is 0.541. The molecule has 0 spiro atoms. The molecule has 0 unspecified atom stereocenters. The Labute approximate surface area is 144 Å². The Kier molecular flexibility index (Phi) is 3.13. The summed E-state index contributed by atoms with van der Waals surface area (Å²) in [4.78, 5) is 12.6. The summed E-state index contributed by atoms with van der Waals surface area (Å²) < 4.78 is 11.8. The van der Waals surface area contributed by atoms with Crippen LogP contribution in [0.2, 0.25) is 0 Å². The van der Waals surface area contributed by atoms with E-state index in [1.807, 2.05) is 13.0 Å². The predicted molar refractivity (Wildman–Crippen MR) is 94.4 cm³/mol. The van der Waals surface area contributed by atoms with Gasteiger partial charge in [-0.1, -0.05) is 13.8 Å². The monoisotopic (exact) mass is 338 g/mol. The highest BCUT2D eigenvalue weighted by Crippen LogP contribution is 2.44. The van der Waals surface area contributed by atoms with E-state index in [0.717, 1.165) is 11.3 Å². The molecule has 25 heavy (non-hydrogen) atoms. The van der Waals surface area contributed by atoms with E-state index in [0.29, 0.717) is 22.3 Å². The molecular weight excluding hydrogens is 320 g/mol. The van der Waals surface area contributed by atoms with Gasteiger partial charge in [-0.15, -0.1) is 0 Å². The third-order valence-electron chi connectivity index (χ3n) is 5.10. The van der Waals surface area contributed by atoms with Gasteiger partial charge in [-0.2, -0.15) is 0 Å². The second-order valence-electron chi connectivity index (χ2n) is 7.00. The van der Waals surface area contributed by atoms with Crippen molar-refractivity contribution in [2.75, 3.05) is 0 Å². The highest BCUT2D eigenvalue weighted by Gasteiger charge is 2.39. The fourth-order valence-electron chi connectivity index (χ4n) is 3.16. The third-order valence-corrected chi connectivity index (χ3v) is 5.10. The molecule has 0 saturated carbocycles. The predicted octanol–water partition coefficient (Wildman–Crippen LogP) is 3.93. The molecule has 2 heterocycles. The molecule has 4 rings (SSSR count). The minimum atomic E-state index is -0.270. The summed E-state index contributed by atoms with van der Waals surface area (Å²) in [6.45, 7) is 6.18. The molecule has 128 valence electrons. The molecule has 3 aromatic rings. The van der Waals surface area contributed by atoms with Crippen molar-refractivity contribution in [3.8, 4) is 28.6 Å². The van der Waals surface area contributed by atoms with Gasteiger partial charge in [0.05, 0.1) is 5.39 Å². The van der Waals surface area contributed by atoms with Crippen LogP contribution in [0.3, 0.4) is 0 Å². The summed E-state index contributed by atoms with van der Waals surface area (Å²) in [6, 6.07) is 9.28. The molecule has 0 aliphatic carbocycles. The molecule has 1 aromatic heterocycles. The first-order valence-corrected chi connectivity index (χ1v) is 8.09. The molecule has 1 atom stereocenters. The zero-order valence-corrected chi connectivity index (χ0v) is 14.2. The second kappa shape index (κ2) is 5.02. The lowest BCUT2D eigenvalue weighted by Crippen LogP contribution is -2.28. The molecule has 1 aliphatic rings. The zero-order valence-electron chi connectivity index (χ0n) is 14.2. The Morgan fingerprint density at radius 1 is 1.04 bits per heavy atom. The number of ether oxygens (including phenoxy) is 1. The van der Waals surface area contributed by atoms with Crippen molar-refractivity contribution in [2.24, 2.45) is 0 Å². The van der Waals surface area contributed by atoms with Crippen molar-refractivity contribution in [1.82, 2.24) is 0 Å². The molecule has 1 aliphatic heterocycles. The maximum absolute atomic E-state index is 12.6. The lowest BCUT2D eigenvalue weighted by atomic mass is 9.81. The van der Waals surface area contributed by atoms with Crippen molar-refractivity contribution < 1.29 is 19.4 Å². The number of phenols is 2. The highest BCUT2D eigenvalue weighted by molar-refractivity contribution is 5.82. The molecule has 0 saturated heterocycles. The average Bonchev–Trinajstić information content (AvgIpc) is 2.77. The van der Waals surface area contributed by atoms with Gasteiger partial charge in [-0.05, 0) is 31.2 Å². The van der Waals surface area contributed by atoms with E-state index in [2.05, 4.69) is 13.8 Å². The molecular formula is C20H18O5. The Bertz CT molecular complexity index is 1060. The number of hydrogen-bond acceptors (Lipinski definition) is 5. The number of benzene rings is 2. The van der Waals surface area contributed by atoms with Crippen molar-refractivity contribution in [1.29, 1.82) is 0 Å². The SMILES string of the molecule is C[C@H]1Oc2cc3oc(-c4ccc(O)c(O)c4)cc(=O)c3cc2C1(C)C. The Hall–Kier alpha value is -2.95. The number of aromatic hydroxyl groups is 2. The van der Waals surface area contributed by atoms with Crippen LogP contribution in [0.5, 0.6) is 17.2 Å². The molecule has 0 fully saturated rings. The lowest BCUT2D eigenvalue weighted by Gasteiger charge is -2.22. The van der Waals surface area contributed by atoms with Crippen LogP contribution >= 0.6 is 0 Å². The Morgan fingerprint density at radius 2 is 1.80 bits per heavy atom. The van der Waals surface area contributed by atoms with E-state index in [-0.39, 0.29) is 28.4 Å². The van der Waals surface area contributed by atoms with Gasteiger partial charge in [-0.25, -0.2) is 0 Å². The van der Waals surface area contributed by atoms with Crippen LogP contribution in [0, 0.1) is 0 Å². The van der Waals surface area contributed by atoms with Crippen LogP contribution in [0.25, 0.3) is 22.3 Å². The maximum atomic E-state index is 12.6. The normalized spacial score (nSPS) is 18.1. The summed E-state index contributed by atoms with van der Waals surface area (Å²) in [7, 11) is 0. The Balaban J connectivity index is 1.93. The molecule has 0 radical (unpaired) electrons. The summed E-state index contributed by atoms with van der Waals surface area (Å²) >= 11 is 0. The van der Waals surface area contributed by atoms with Gasteiger partial charge < -0.3 is 19.4 Å². The van der Waals surface area contributed by atoms with E-state index in [4.69, 9.17) is 9.15 Å². The van der Waals surface area contributed by atoms with E-state index < -0.39 is 0 Å². The molecule has 0 bridgehead atoms. The highest BCUT2D eigenvalue weighted by atomic mass is 16.5. The summed E-state index contributed by atoms with van der Waals surface area (Å²) in [6.07, 6.45) is 0.00271. The first-order valence-electron chi connectivity index (χ1n) is 8.09. The van der Waals surface area contributed by atoms with E-state index >= 15 is 0 Å². The fourth-order valence-corrected chi connectivity index (χ4v) is 3.16. The van der Waals surface area contributed by atoms with E-state index in [1.54, 1.807) is 12.1 Å². The van der Waals surface area contributed by atoms with Crippen LogP contribution in [0.15, 0.2) is 45.6 Å². The van der Waals surface area contributed by atoms with Crippen LogP contribution in [-0.4, -0.2) is 16.3 Å². The van der Waals surface area contributed by atoms with Crippen LogP contribution in [0.4, 0.5) is 0 Å². The number of phenolic OH excluding ortho intramolecular Hbond substituents is 2. The van der Waals surface area contributed by atoms with Crippen molar-refractivity contribution in [2.45, 2.75) is 32.3 Å². The standard InChI is InChI=1S/C20H18O5/c1-10-20(2,3)13-7-12-15(22)8-17(25-18(12)9-19(13)24-10)11-4-5-14(21)16(23)6-11/h4-10,21,23H,1-3H3/t10-/m1/s1. The van der Waals surface area contributed by atoms with Crippen LogP contribution in [-0.2, 0) is 5.41 Å². The van der Waals surface area contributed by atoms with Gasteiger partial charge >= 0.3 is 0 Å². The van der Waals surface area contributed by atoms with Gasteiger partial charge in [0.25, 0.3) is 0 Å². The summed E-state index contributed by atoms with van der Waals surface area (Å²) in [5.41, 5.74) is 1.58. The Morgan fingerprint density at radius 3 is 2.52 bits per heavy atom. The van der Waals surface area contributed by atoms with E-state index in [9.17, 15) is 15.0 Å². The average molecular weight is 338 g/mol. The molecule has 5 nitrogen and oxygen atoms in total. The van der Waals surface area contributed by atoms with Gasteiger partial charge in [0.1, 0.15) is 23.2 Å². The fraction of sp³-hybridized carbons (Fsp3) is 0.250. The second-order valence-corrected chi connectivity index (χ2v) is 7.00. The molecule has 2 N–H and O–H groups in total. The minimum Gasteiger partial charge on any atom is -0.504 e. The topological polar surface area (TPSA) is 79.9 Å². The lowest BCUT2D eigenvalue weighted by molar-refractivity contribution is 0.185. The van der Waals surface area contributed by atoms with Crippen molar-refractivity contribution in [3.63, 3.8) is 0 Å². The number of rotatable bonds is 1. The quantitative estimate of drug-likeness (QED) is 0.657. The maximum Gasteiger partial charge on any atom is 0.193 e. The van der Waals surface area contributed by atoms with E-state index in [1.165, 1.54) is 18.2 Å². The molecule has 0 amide bonds. The van der Waals surface area contributed by atoms with Crippen molar-refractivity contribution >= 4 is 11.0 Å². The van der Waals surface area contributed by atoms with Gasteiger partial charge in [-0.3, -0.25) is 4.79 Å². The zero-order chi connectivity index (χ0) is 17.9. The largest absolute Gasteiger partial charge is 0.504 e. The van der Waals surface area contributed by atoms with Gasteiger partial charge in [0.2, 0.25) is 0 Å². The summed E-state index contributed by atoms with van der Waals surface area (Å²) in [5, 5.41) is 19.6. The molecule has 5 heteroatoms.